The maximum absolute atomic E-state index is 13.9. The molecule has 0 aromatic heterocycles. The van der Waals surface area contributed by atoms with Gasteiger partial charge in [0.2, 0.25) is 0 Å². The Bertz CT molecular complexity index is 586. The van der Waals surface area contributed by atoms with E-state index in [0.29, 0.717) is 29.1 Å². The highest BCUT2D eigenvalue weighted by atomic mass is 35.5. The van der Waals surface area contributed by atoms with Gasteiger partial charge in [0.05, 0.1) is 0 Å². The number of nitrogens with one attached hydrogen (secondary N) is 1. The molecule has 1 nitrogen and oxygen atoms in total. The molecule has 4 heteroatoms. The summed E-state index contributed by atoms with van der Waals surface area (Å²) in [6.45, 7) is 0.591. The zero-order chi connectivity index (χ0) is 14.5. The first-order chi connectivity index (χ1) is 9.61. The summed E-state index contributed by atoms with van der Waals surface area (Å²) in [7, 11) is 1.81. The van der Waals surface area contributed by atoms with E-state index in [-0.39, 0.29) is 17.6 Å². The summed E-state index contributed by atoms with van der Waals surface area (Å²) in [5.41, 5.74) is 1.30. The Morgan fingerprint density at radius 1 is 1.15 bits per heavy atom. The molecular weight excluding hydrogens is 280 g/mol. The summed E-state index contributed by atoms with van der Waals surface area (Å²) in [6, 6.07) is 10.9. The van der Waals surface area contributed by atoms with Gasteiger partial charge in [0.1, 0.15) is 11.6 Å². The molecule has 0 bridgehead atoms. The normalized spacial score (nSPS) is 12.4. The van der Waals surface area contributed by atoms with Gasteiger partial charge in [-0.3, -0.25) is 0 Å². The van der Waals surface area contributed by atoms with E-state index in [1.807, 2.05) is 0 Å². The molecule has 106 valence electrons. The Morgan fingerprint density at radius 2 is 1.90 bits per heavy atom. The van der Waals surface area contributed by atoms with Crippen LogP contribution in [0.2, 0.25) is 5.02 Å². The molecule has 0 aliphatic heterocycles. The molecular formula is C16H16ClF2N. The quantitative estimate of drug-likeness (QED) is 0.873. The van der Waals surface area contributed by atoms with Crippen LogP contribution in [0.5, 0.6) is 0 Å². The van der Waals surface area contributed by atoms with Gasteiger partial charge in [-0.1, -0.05) is 29.8 Å². The molecule has 0 amide bonds. The first-order valence-corrected chi connectivity index (χ1v) is 6.82. The van der Waals surface area contributed by atoms with Crippen molar-refractivity contribution >= 4 is 11.6 Å². The topological polar surface area (TPSA) is 12.0 Å². The molecule has 2 rings (SSSR count). The van der Waals surface area contributed by atoms with Crippen LogP contribution in [0.3, 0.4) is 0 Å². The zero-order valence-corrected chi connectivity index (χ0v) is 11.9. The lowest BCUT2D eigenvalue weighted by Crippen LogP contribution is -2.20. The van der Waals surface area contributed by atoms with Crippen molar-refractivity contribution in [3.63, 3.8) is 0 Å². The molecule has 0 aliphatic rings. The molecule has 1 atom stereocenters. The van der Waals surface area contributed by atoms with Crippen molar-refractivity contribution in [1.29, 1.82) is 0 Å². The zero-order valence-electron chi connectivity index (χ0n) is 11.2. The largest absolute Gasteiger partial charge is 0.319 e. The number of likely N-dealkylation sites (N-methyl/N-ethyl adjacent to an activating group) is 1. The highest BCUT2D eigenvalue weighted by Crippen LogP contribution is 2.27. The number of halogens is 3. The Labute approximate surface area is 122 Å². The molecule has 1 N–H and O–H groups in total. The van der Waals surface area contributed by atoms with E-state index in [0.717, 1.165) is 0 Å². The minimum atomic E-state index is -0.332. The first kappa shape index (κ1) is 14.9. The maximum atomic E-state index is 13.9. The van der Waals surface area contributed by atoms with Gasteiger partial charge in [-0.15, -0.1) is 0 Å². The molecule has 2 aromatic rings. The summed E-state index contributed by atoms with van der Waals surface area (Å²) in [5.74, 6) is -0.679. The van der Waals surface area contributed by atoms with Crippen LogP contribution in [-0.2, 0) is 6.42 Å². The average molecular weight is 296 g/mol. The predicted octanol–water partition coefficient (Wildman–Crippen LogP) is 4.16. The van der Waals surface area contributed by atoms with Crippen molar-refractivity contribution in [2.45, 2.75) is 12.3 Å². The van der Waals surface area contributed by atoms with Gasteiger partial charge in [-0.25, -0.2) is 8.78 Å². The smallest absolute Gasteiger partial charge is 0.126 e. The lowest BCUT2D eigenvalue weighted by atomic mass is 9.91. The van der Waals surface area contributed by atoms with Gasteiger partial charge in [-0.2, -0.15) is 0 Å². The molecule has 0 aliphatic carbocycles. The van der Waals surface area contributed by atoms with Gasteiger partial charge in [0.25, 0.3) is 0 Å². The summed E-state index contributed by atoms with van der Waals surface area (Å²) >= 11 is 6.09. The fraction of sp³-hybridized carbons (Fsp3) is 0.250. The van der Waals surface area contributed by atoms with Gasteiger partial charge in [0.15, 0.2) is 0 Å². The minimum absolute atomic E-state index is 0.0968. The van der Waals surface area contributed by atoms with E-state index in [2.05, 4.69) is 5.32 Å². The highest BCUT2D eigenvalue weighted by molar-refractivity contribution is 6.31. The number of hydrogen-bond donors (Lipinski definition) is 1. The monoisotopic (exact) mass is 295 g/mol. The average Bonchev–Trinajstić information content (AvgIpc) is 2.43. The summed E-state index contributed by atoms with van der Waals surface area (Å²) in [6.07, 6.45) is 0.484. The second-order valence-electron chi connectivity index (χ2n) is 4.72. The molecule has 2 aromatic carbocycles. The lowest BCUT2D eigenvalue weighted by Gasteiger charge is -2.18. The van der Waals surface area contributed by atoms with Crippen LogP contribution in [0.15, 0.2) is 42.5 Å². The Balaban J connectivity index is 2.30. The van der Waals surface area contributed by atoms with Crippen molar-refractivity contribution < 1.29 is 8.78 Å². The SMILES string of the molecule is CNCC(Cc1cc(F)ccc1Cl)c1ccccc1F. The summed E-state index contributed by atoms with van der Waals surface area (Å²) < 4.78 is 27.2. The molecule has 20 heavy (non-hydrogen) atoms. The van der Waals surface area contributed by atoms with Crippen LogP contribution >= 0.6 is 11.6 Å². The van der Waals surface area contributed by atoms with Crippen molar-refractivity contribution in [2.24, 2.45) is 0 Å². The summed E-state index contributed by atoms with van der Waals surface area (Å²) in [5, 5.41) is 3.55. The molecule has 0 heterocycles. The van der Waals surface area contributed by atoms with Crippen molar-refractivity contribution in [3.05, 3.63) is 70.2 Å². The lowest BCUT2D eigenvalue weighted by molar-refractivity contribution is 0.554. The fourth-order valence-electron chi connectivity index (χ4n) is 2.31. The van der Waals surface area contributed by atoms with Gasteiger partial charge >= 0.3 is 0 Å². The third kappa shape index (κ3) is 3.56. The van der Waals surface area contributed by atoms with Crippen molar-refractivity contribution in [1.82, 2.24) is 5.32 Å². The molecule has 0 fully saturated rings. The van der Waals surface area contributed by atoms with Gasteiger partial charge < -0.3 is 5.32 Å². The standard InChI is InChI=1S/C16H16ClF2N/c1-20-10-12(14-4-2-3-5-16(14)19)8-11-9-13(18)6-7-15(11)17/h2-7,9,12,20H,8,10H2,1H3. The second-order valence-corrected chi connectivity index (χ2v) is 5.12. The van der Waals surface area contributed by atoms with E-state index in [9.17, 15) is 8.78 Å². The molecule has 0 saturated heterocycles. The van der Waals surface area contributed by atoms with Crippen LogP contribution in [0.4, 0.5) is 8.78 Å². The molecule has 1 unspecified atom stereocenters. The van der Waals surface area contributed by atoms with Gasteiger partial charge in [0, 0.05) is 17.5 Å². The fourth-order valence-corrected chi connectivity index (χ4v) is 2.50. The third-order valence-corrected chi connectivity index (χ3v) is 3.64. The number of rotatable bonds is 5. The van der Waals surface area contributed by atoms with Crippen molar-refractivity contribution in [3.8, 4) is 0 Å². The highest BCUT2D eigenvalue weighted by Gasteiger charge is 2.17. The first-order valence-electron chi connectivity index (χ1n) is 6.44. The van der Waals surface area contributed by atoms with Crippen LogP contribution in [0, 0.1) is 11.6 Å². The van der Waals surface area contributed by atoms with Crippen LogP contribution in [-0.4, -0.2) is 13.6 Å². The van der Waals surface area contributed by atoms with E-state index >= 15 is 0 Å². The predicted molar refractivity (Wildman–Crippen MR) is 78.2 cm³/mol. The molecule has 0 spiro atoms. The minimum Gasteiger partial charge on any atom is -0.319 e. The van der Waals surface area contributed by atoms with Crippen LogP contribution < -0.4 is 5.32 Å². The Morgan fingerprint density at radius 3 is 2.60 bits per heavy atom. The summed E-state index contributed by atoms with van der Waals surface area (Å²) in [4.78, 5) is 0. The number of hydrogen-bond acceptors (Lipinski definition) is 1. The van der Waals surface area contributed by atoms with Crippen molar-refractivity contribution in [2.75, 3.05) is 13.6 Å². The Kier molecular flexibility index (Phi) is 5.10. The van der Waals surface area contributed by atoms with Gasteiger partial charge in [-0.05, 0) is 48.9 Å². The van der Waals surface area contributed by atoms with E-state index in [1.165, 1.54) is 24.3 Å². The second kappa shape index (κ2) is 6.82. The maximum Gasteiger partial charge on any atom is 0.126 e. The molecule has 0 saturated carbocycles. The number of benzene rings is 2. The van der Waals surface area contributed by atoms with E-state index < -0.39 is 0 Å². The van der Waals surface area contributed by atoms with Crippen LogP contribution in [0.1, 0.15) is 17.0 Å². The Hall–Kier alpha value is -1.45. The van der Waals surface area contributed by atoms with E-state index in [4.69, 9.17) is 11.6 Å². The van der Waals surface area contributed by atoms with Crippen LogP contribution in [0.25, 0.3) is 0 Å². The molecule has 0 radical (unpaired) electrons. The third-order valence-electron chi connectivity index (χ3n) is 3.27. The van der Waals surface area contributed by atoms with E-state index in [1.54, 1.807) is 25.2 Å².